The zero-order valence-corrected chi connectivity index (χ0v) is 25.8. The molecule has 1 aromatic carbocycles. The van der Waals surface area contributed by atoms with E-state index in [2.05, 4.69) is 58.4 Å². The van der Waals surface area contributed by atoms with Crippen LogP contribution >= 0.6 is 23.8 Å². The minimum absolute atomic E-state index is 0.0931. The number of halogens is 2. The van der Waals surface area contributed by atoms with E-state index in [9.17, 15) is 0 Å². The fourth-order valence-corrected chi connectivity index (χ4v) is 5.95. The molecule has 194 valence electrons. The summed E-state index contributed by atoms with van der Waals surface area (Å²) in [5, 5.41) is 0.300. The van der Waals surface area contributed by atoms with E-state index in [1.165, 1.54) is 0 Å². The lowest BCUT2D eigenvalue weighted by atomic mass is 9.96. The molecular weight excluding hydrogens is 505 g/mol. The van der Waals surface area contributed by atoms with Crippen LogP contribution in [0.2, 0.25) is 48.8 Å². The van der Waals surface area contributed by atoms with Crippen LogP contribution in [-0.2, 0) is 9.16 Å². The molecule has 1 aliphatic heterocycles. The molecule has 1 saturated heterocycles. The van der Waals surface area contributed by atoms with Crippen molar-refractivity contribution >= 4 is 45.2 Å². The Morgan fingerprint density at radius 2 is 1.82 bits per heavy atom. The molecule has 1 aromatic rings. The summed E-state index contributed by atoms with van der Waals surface area (Å²) in [5.41, 5.74) is 0.503. The Balaban J connectivity index is 1.96. The van der Waals surface area contributed by atoms with Gasteiger partial charge in [-0.25, -0.2) is 4.39 Å². The van der Waals surface area contributed by atoms with Crippen LogP contribution in [0.3, 0.4) is 0 Å². The zero-order valence-electron chi connectivity index (χ0n) is 22.2. The number of hydrogen-bond acceptors (Lipinski definition) is 4. The Bertz CT molecular complexity index is 843. The fraction of sp³-hybridized carbons (Fsp3) is 0.720. The van der Waals surface area contributed by atoms with Gasteiger partial charge >= 0.3 is 0 Å². The first-order valence-electron chi connectivity index (χ1n) is 12.2. The predicted octanol–water partition coefficient (Wildman–Crippen LogP) is 7.70. The van der Waals surface area contributed by atoms with Crippen LogP contribution in [0.15, 0.2) is 12.1 Å². The molecule has 0 spiro atoms. The van der Waals surface area contributed by atoms with Crippen molar-refractivity contribution in [2.24, 2.45) is 0 Å². The largest absolute Gasteiger partial charge is 0.467 e. The van der Waals surface area contributed by atoms with Gasteiger partial charge in [0.05, 0.1) is 10.0 Å². The number of likely N-dealkylation sites (tertiary alicyclic amines) is 1. The molecule has 1 atom stereocenters. The van der Waals surface area contributed by atoms with Gasteiger partial charge in [-0.15, -0.1) is 0 Å². The molecule has 1 fully saturated rings. The van der Waals surface area contributed by atoms with E-state index in [4.69, 9.17) is 37.7 Å². The number of benzene rings is 1. The smallest absolute Gasteiger partial charge is 0.191 e. The molecule has 1 aliphatic rings. The Morgan fingerprint density at radius 3 is 2.44 bits per heavy atom. The van der Waals surface area contributed by atoms with Gasteiger partial charge < -0.3 is 18.8 Å². The van der Waals surface area contributed by atoms with Gasteiger partial charge in [0.1, 0.15) is 11.6 Å². The number of rotatable bonds is 12. The topological polar surface area (TPSA) is 30.9 Å². The highest BCUT2D eigenvalue weighted by molar-refractivity contribution is 7.80. The van der Waals surface area contributed by atoms with Gasteiger partial charge in [-0.3, -0.25) is 0 Å². The molecule has 34 heavy (non-hydrogen) atoms. The summed E-state index contributed by atoms with van der Waals surface area (Å²) in [6.45, 7) is 21.1. The van der Waals surface area contributed by atoms with Crippen molar-refractivity contribution in [3.05, 3.63) is 28.5 Å². The molecule has 0 aromatic heterocycles. The molecule has 9 heteroatoms. The van der Waals surface area contributed by atoms with Gasteiger partial charge in [-0.1, -0.05) is 64.2 Å². The van der Waals surface area contributed by atoms with Gasteiger partial charge in [0.15, 0.2) is 15.1 Å². The maximum absolute atomic E-state index is 15.1. The third kappa shape index (κ3) is 8.55. The minimum Gasteiger partial charge on any atom is -0.467 e. The lowest BCUT2D eigenvalue weighted by Gasteiger charge is -2.36. The van der Waals surface area contributed by atoms with Gasteiger partial charge in [-0.05, 0) is 42.7 Å². The molecule has 0 unspecified atom stereocenters. The maximum atomic E-state index is 15.1. The number of thiocarbonyl (C=S) groups is 1. The lowest BCUT2D eigenvalue weighted by molar-refractivity contribution is 0.0210. The Morgan fingerprint density at radius 1 is 1.15 bits per heavy atom. The molecule has 2 rings (SSSR count). The van der Waals surface area contributed by atoms with Crippen molar-refractivity contribution in [2.45, 2.75) is 83.3 Å². The molecule has 0 radical (unpaired) electrons. The molecule has 0 bridgehead atoms. The average molecular weight is 548 g/mol. The standard InChI is InChI=1S/C25H43ClFNO3SSi2/c1-25(2,3)34(7,8)31-13-9-12-28-17-19(16-22(28)32)23-21(11-10-20(26)24(23)27)30-18-29-14-15-33(4,5)6/h10-11,19H,9,12-18H2,1-8H3/t19-/m0/s1. The van der Waals surface area contributed by atoms with Gasteiger partial charge in [0, 0.05) is 52.3 Å². The zero-order chi connectivity index (χ0) is 25.7. The third-order valence-corrected chi connectivity index (χ3v) is 13.8. The van der Waals surface area contributed by atoms with Crippen LogP contribution in [0.25, 0.3) is 0 Å². The number of ether oxygens (including phenoxy) is 2. The highest BCUT2D eigenvalue weighted by Crippen LogP contribution is 2.39. The molecule has 1 heterocycles. The quantitative estimate of drug-likeness (QED) is 0.116. The highest BCUT2D eigenvalue weighted by Gasteiger charge is 2.37. The van der Waals surface area contributed by atoms with Crippen LogP contribution in [0.4, 0.5) is 4.39 Å². The van der Waals surface area contributed by atoms with Crippen LogP contribution < -0.4 is 4.74 Å². The lowest BCUT2D eigenvalue weighted by Crippen LogP contribution is -2.41. The molecule has 0 saturated carbocycles. The van der Waals surface area contributed by atoms with E-state index in [0.29, 0.717) is 30.9 Å². The number of hydrogen-bond donors (Lipinski definition) is 0. The summed E-state index contributed by atoms with van der Waals surface area (Å²) in [6.07, 6.45) is 1.51. The molecule has 0 amide bonds. The average Bonchev–Trinajstić information content (AvgIpc) is 3.06. The molecular formula is C25H43ClFNO3SSi2. The Kier molecular flexibility index (Phi) is 10.6. The first-order valence-corrected chi connectivity index (χ1v) is 19.6. The predicted molar refractivity (Wildman–Crippen MR) is 150 cm³/mol. The van der Waals surface area contributed by atoms with Crippen LogP contribution in [0.1, 0.15) is 45.1 Å². The van der Waals surface area contributed by atoms with E-state index < -0.39 is 22.2 Å². The Hall–Kier alpha value is -0.516. The van der Waals surface area contributed by atoms with Crippen molar-refractivity contribution in [1.29, 1.82) is 0 Å². The van der Waals surface area contributed by atoms with E-state index in [1.807, 2.05) is 0 Å². The van der Waals surface area contributed by atoms with E-state index >= 15 is 4.39 Å². The van der Waals surface area contributed by atoms with Crippen molar-refractivity contribution in [3.8, 4) is 5.75 Å². The minimum atomic E-state index is -1.76. The number of nitrogens with zero attached hydrogens (tertiary/aromatic N) is 1. The second-order valence-corrected chi connectivity index (χ2v) is 23.3. The summed E-state index contributed by atoms with van der Waals surface area (Å²) >= 11 is 11.8. The van der Waals surface area contributed by atoms with Crippen molar-refractivity contribution in [3.63, 3.8) is 0 Å². The van der Waals surface area contributed by atoms with Crippen molar-refractivity contribution < 1.29 is 18.3 Å². The third-order valence-electron chi connectivity index (χ3n) is 6.85. The first-order chi connectivity index (χ1) is 15.6. The second kappa shape index (κ2) is 12.1. The van der Waals surface area contributed by atoms with Crippen molar-refractivity contribution in [2.75, 3.05) is 33.1 Å². The second-order valence-electron chi connectivity index (χ2n) is 12.0. The summed E-state index contributed by atoms with van der Waals surface area (Å²) in [4.78, 5) is 3.03. The molecule has 0 aliphatic carbocycles. The van der Waals surface area contributed by atoms with Crippen LogP contribution in [0.5, 0.6) is 5.75 Å². The van der Waals surface area contributed by atoms with Crippen LogP contribution in [-0.4, -0.2) is 59.4 Å². The van der Waals surface area contributed by atoms with Gasteiger partial charge in [0.25, 0.3) is 0 Å². The van der Waals surface area contributed by atoms with Crippen LogP contribution in [0, 0.1) is 5.82 Å². The van der Waals surface area contributed by atoms with E-state index in [1.54, 1.807) is 12.1 Å². The summed E-state index contributed by atoms with van der Waals surface area (Å²) in [5.74, 6) is -0.0209. The van der Waals surface area contributed by atoms with Gasteiger partial charge in [-0.2, -0.15) is 0 Å². The highest BCUT2D eigenvalue weighted by atomic mass is 35.5. The Labute approximate surface area is 218 Å². The molecule has 0 N–H and O–H groups in total. The van der Waals surface area contributed by atoms with Crippen molar-refractivity contribution in [1.82, 2.24) is 4.90 Å². The monoisotopic (exact) mass is 547 g/mol. The first kappa shape index (κ1) is 29.7. The normalized spacial score (nSPS) is 17.5. The van der Waals surface area contributed by atoms with E-state index in [-0.39, 0.29) is 22.8 Å². The summed E-state index contributed by atoms with van der Waals surface area (Å²) in [7, 11) is -2.93. The maximum Gasteiger partial charge on any atom is 0.191 e. The SMILES string of the molecule is CC(C)(C)[Si](C)(C)OCCCN1C[C@@H](c2c(OCOCC[Si](C)(C)C)ccc(Cl)c2F)CC1=S. The summed E-state index contributed by atoms with van der Waals surface area (Å²) in [6, 6.07) is 4.34. The van der Waals surface area contributed by atoms with Gasteiger partial charge in [0.2, 0.25) is 0 Å². The fourth-order valence-electron chi connectivity index (χ4n) is 3.58. The summed E-state index contributed by atoms with van der Waals surface area (Å²) < 4.78 is 33.0. The molecule has 4 nitrogen and oxygen atoms in total. The van der Waals surface area contributed by atoms with E-state index in [0.717, 1.165) is 30.6 Å².